The van der Waals surface area contributed by atoms with Crippen LogP contribution in [-0.2, 0) is 6.42 Å². The van der Waals surface area contributed by atoms with Crippen LogP contribution in [-0.4, -0.2) is 26.0 Å². The fourth-order valence-electron chi connectivity index (χ4n) is 1.70. The summed E-state index contributed by atoms with van der Waals surface area (Å²) in [6.07, 6.45) is 1.13. The Balaban J connectivity index is 1.56. The van der Waals surface area contributed by atoms with E-state index in [4.69, 9.17) is 4.74 Å². The Morgan fingerprint density at radius 2 is 2.00 bits per heavy atom. The van der Waals surface area contributed by atoms with Crippen LogP contribution in [0.4, 0.5) is 0 Å². The summed E-state index contributed by atoms with van der Waals surface area (Å²) in [5.41, 5.74) is 0. The molecular formula is C15H19NOS2. The molecule has 0 unspecified atom stereocenters. The Hall–Kier alpha value is -0.970. The molecule has 1 heterocycles. The van der Waals surface area contributed by atoms with Gasteiger partial charge in [0.1, 0.15) is 5.75 Å². The second-order valence-electron chi connectivity index (χ2n) is 4.10. The largest absolute Gasteiger partial charge is 0.497 e. The fourth-order valence-corrected chi connectivity index (χ4v) is 3.22. The van der Waals surface area contributed by atoms with E-state index in [9.17, 15) is 0 Å². The molecule has 2 rings (SSSR count). The molecule has 0 saturated carbocycles. The third-order valence-electron chi connectivity index (χ3n) is 2.74. The highest BCUT2D eigenvalue weighted by Crippen LogP contribution is 2.20. The van der Waals surface area contributed by atoms with Gasteiger partial charge in [-0.3, -0.25) is 0 Å². The number of methoxy groups -OCH3 is 1. The maximum absolute atomic E-state index is 5.14. The standard InChI is InChI=1S/C15H19NOS2/c1-17-13-4-6-15(7-5-13)19-12-10-16-9-8-14-3-2-11-18-14/h2-7,11,16H,8-10,12H2,1H3. The first-order valence-corrected chi connectivity index (χ1v) is 8.25. The zero-order valence-corrected chi connectivity index (χ0v) is 12.7. The Bertz CT molecular complexity index is 454. The molecule has 0 spiro atoms. The van der Waals surface area contributed by atoms with Gasteiger partial charge >= 0.3 is 0 Å². The monoisotopic (exact) mass is 293 g/mol. The molecule has 0 saturated heterocycles. The van der Waals surface area contributed by atoms with E-state index < -0.39 is 0 Å². The lowest BCUT2D eigenvalue weighted by Crippen LogP contribution is -2.19. The van der Waals surface area contributed by atoms with E-state index in [1.165, 1.54) is 9.77 Å². The molecule has 0 fully saturated rings. The van der Waals surface area contributed by atoms with Gasteiger partial charge < -0.3 is 10.1 Å². The molecule has 0 atom stereocenters. The smallest absolute Gasteiger partial charge is 0.118 e. The highest BCUT2D eigenvalue weighted by molar-refractivity contribution is 7.99. The minimum atomic E-state index is 0.915. The Morgan fingerprint density at radius 3 is 2.68 bits per heavy atom. The maximum Gasteiger partial charge on any atom is 0.118 e. The number of rotatable bonds is 8. The zero-order valence-electron chi connectivity index (χ0n) is 11.1. The van der Waals surface area contributed by atoms with Crippen LogP contribution in [0, 0.1) is 0 Å². The summed E-state index contributed by atoms with van der Waals surface area (Å²) in [5.74, 6) is 2.01. The van der Waals surface area contributed by atoms with Gasteiger partial charge in [0.25, 0.3) is 0 Å². The number of ether oxygens (including phenoxy) is 1. The first-order chi connectivity index (χ1) is 9.38. The number of thiophene rings is 1. The van der Waals surface area contributed by atoms with E-state index in [1.807, 2.05) is 35.2 Å². The van der Waals surface area contributed by atoms with Gasteiger partial charge in [-0.25, -0.2) is 0 Å². The van der Waals surface area contributed by atoms with Gasteiger partial charge in [-0.05, 0) is 48.7 Å². The number of nitrogens with one attached hydrogen (secondary N) is 1. The lowest BCUT2D eigenvalue weighted by molar-refractivity contribution is 0.414. The molecule has 0 bridgehead atoms. The predicted molar refractivity (Wildman–Crippen MR) is 84.6 cm³/mol. The number of hydrogen-bond donors (Lipinski definition) is 1. The molecule has 4 heteroatoms. The van der Waals surface area contributed by atoms with E-state index in [0.29, 0.717) is 0 Å². The summed E-state index contributed by atoms with van der Waals surface area (Å²) >= 11 is 3.70. The second-order valence-corrected chi connectivity index (χ2v) is 6.30. The van der Waals surface area contributed by atoms with Gasteiger partial charge in [0.05, 0.1) is 7.11 Å². The molecule has 1 aromatic carbocycles. The lowest BCUT2D eigenvalue weighted by Gasteiger charge is -2.05. The summed E-state index contributed by atoms with van der Waals surface area (Å²) in [4.78, 5) is 2.75. The van der Waals surface area contributed by atoms with Crippen molar-refractivity contribution in [3.05, 3.63) is 46.7 Å². The third kappa shape index (κ3) is 5.27. The summed E-state index contributed by atoms with van der Waals surface area (Å²) < 4.78 is 5.14. The first-order valence-electron chi connectivity index (χ1n) is 6.38. The number of benzene rings is 1. The highest BCUT2D eigenvalue weighted by Gasteiger charge is 1.96. The van der Waals surface area contributed by atoms with Crippen molar-refractivity contribution in [3.8, 4) is 5.75 Å². The molecular weight excluding hydrogens is 274 g/mol. The van der Waals surface area contributed by atoms with Crippen LogP contribution in [0.5, 0.6) is 5.75 Å². The minimum absolute atomic E-state index is 0.915. The molecule has 0 amide bonds. The average molecular weight is 293 g/mol. The van der Waals surface area contributed by atoms with Crippen molar-refractivity contribution in [1.29, 1.82) is 0 Å². The van der Waals surface area contributed by atoms with Crippen LogP contribution in [0.1, 0.15) is 4.88 Å². The zero-order chi connectivity index (χ0) is 13.3. The van der Waals surface area contributed by atoms with Crippen molar-refractivity contribution in [2.24, 2.45) is 0 Å². The third-order valence-corrected chi connectivity index (χ3v) is 4.69. The molecule has 2 nitrogen and oxygen atoms in total. The van der Waals surface area contributed by atoms with E-state index >= 15 is 0 Å². The van der Waals surface area contributed by atoms with E-state index in [-0.39, 0.29) is 0 Å². The molecule has 0 aliphatic heterocycles. The van der Waals surface area contributed by atoms with E-state index in [2.05, 4.69) is 35.0 Å². The van der Waals surface area contributed by atoms with Crippen molar-refractivity contribution >= 4 is 23.1 Å². The van der Waals surface area contributed by atoms with Gasteiger partial charge in [-0.2, -0.15) is 0 Å². The highest BCUT2D eigenvalue weighted by atomic mass is 32.2. The van der Waals surface area contributed by atoms with Crippen LogP contribution in [0.2, 0.25) is 0 Å². The van der Waals surface area contributed by atoms with Crippen LogP contribution in [0.3, 0.4) is 0 Å². The first kappa shape index (κ1) is 14.4. The Labute approximate surface area is 123 Å². The number of hydrogen-bond acceptors (Lipinski definition) is 4. The van der Waals surface area contributed by atoms with Crippen LogP contribution in [0.15, 0.2) is 46.7 Å². The van der Waals surface area contributed by atoms with Crippen LogP contribution < -0.4 is 10.1 Å². The second kappa shape index (κ2) is 8.25. The quantitative estimate of drug-likeness (QED) is 0.592. The van der Waals surface area contributed by atoms with Crippen molar-refractivity contribution in [1.82, 2.24) is 5.32 Å². The molecule has 1 N–H and O–H groups in total. The maximum atomic E-state index is 5.14. The molecule has 1 aromatic heterocycles. The normalized spacial score (nSPS) is 10.6. The van der Waals surface area contributed by atoms with Crippen LogP contribution >= 0.6 is 23.1 Å². The van der Waals surface area contributed by atoms with Crippen molar-refractivity contribution in [3.63, 3.8) is 0 Å². The molecule has 0 aliphatic rings. The molecule has 102 valence electrons. The lowest BCUT2D eigenvalue weighted by atomic mass is 10.3. The predicted octanol–water partition coefficient (Wildman–Crippen LogP) is 3.68. The number of thioether (sulfide) groups is 1. The molecule has 19 heavy (non-hydrogen) atoms. The van der Waals surface area contributed by atoms with Crippen molar-refractivity contribution in [2.45, 2.75) is 11.3 Å². The fraction of sp³-hybridized carbons (Fsp3) is 0.333. The van der Waals surface area contributed by atoms with E-state index in [1.54, 1.807) is 7.11 Å². The molecule has 0 aliphatic carbocycles. The summed E-state index contributed by atoms with van der Waals surface area (Å²) in [5, 5.41) is 5.61. The Kier molecular flexibility index (Phi) is 6.27. The average Bonchev–Trinajstić information content (AvgIpc) is 2.96. The van der Waals surface area contributed by atoms with Gasteiger partial charge in [0.2, 0.25) is 0 Å². The molecule has 0 radical (unpaired) electrons. The minimum Gasteiger partial charge on any atom is -0.497 e. The van der Waals surface area contributed by atoms with Crippen LogP contribution in [0.25, 0.3) is 0 Å². The van der Waals surface area contributed by atoms with Gasteiger partial charge in [0, 0.05) is 22.1 Å². The van der Waals surface area contributed by atoms with Gasteiger partial charge in [-0.1, -0.05) is 6.07 Å². The Morgan fingerprint density at radius 1 is 1.16 bits per heavy atom. The SMILES string of the molecule is COc1ccc(SCCNCCc2cccs2)cc1. The molecule has 2 aromatic rings. The summed E-state index contributed by atoms with van der Waals surface area (Å²) in [6.45, 7) is 2.10. The topological polar surface area (TPSA) is 21.3 Å². The van der Waals surface area contributed by atoms with E-state index in [0.717, 1.165) is 31.0 Å². The van der Waals surface area contributed by atoms with Crippen molar-refractivity contribution in [2.75, 3.05) is 26.0 Å². The van der Waals surface area contributed by atoms with Gasteiger partial charge in [0.15, 0.2) is 0 Å². The van der Waals surface area contributed by atoms with Gasteiger partial charge in [-0.15, -0.1) is 23.1 Å². The summed E-state index contributed by atoms with van der Waals surface area (Å²) in [7, 11) is 1.69. The van der Waals surface area contributed by atoms with Crippen molar-refractivity contribution < 1.29 is 4.74 Å². The summed E-state index contributed by atoms with van der Waals surface area (Å²) in [6, 6.07) is 12.5.